The summed E-state index contributed by atoms with van der Waals surface area (Å²) in [4.78, 5) is 41.5. The Bertz CT molecular complexity index is 1530. The van der Waals surface area contributed by atoms with E-state index in [9.17, 15) is 30.2 Å². The van der Waals surface area contributed by atoms with Gasteiger partial charge in [-0.25, -0.2) is 0 Å². The van der Waals surface area contributed by atoms with Crippen molar-refractivity contribution >= 4 is 28.9 Å². The van der Waals surface area contributed by atoms with Crippen LogP contribution in [0.2, 0.25) is 0 Å². The highest BCUT2D eigenvalue weighted by molar-refractivity contribution is 6.07. The van der Waals surface area contributed by atoms with Crippen molar-refractivity contribution in [2.45, 2.75) is 0 Å². The van der Waals surface area contributed by atoms with Crippen molar-refractivity contribution in [2.24, 2.45) is 5.28 Å². The molecule has 0 spiro atoms. The second-order valence-corrected chi connectivity index (χ2v) is 9.11. The summed E-state index contributed by atoms with van der Waals surface area (Å²) in [5, 5.41) is 40.1. The van der Waals surface area contributed by atoms with Gasteiger partial charge in [-0.3, -0.25) is 29.9 Å². The zero-order valence-electron chi connectivity index (χ0n) is 22.6. The van der Waals surface area contributed by atoms with Gasteiger partial charge in [0.15, 0.2) is 5.78 Å². The number of hydrogen-bond donors (Lipinski definition) is 0. The summed E-state index contributed by atoms with van der Waals surface area (Å²) >= 11 is 0. The van der Waals surface area contributed by atoms with Crippen LogP contribution in [0.25, 0.3) is 6.08 Å². The molecule has 4 rings (SSSR count). The zero-order valence-corrected chi connectivity index (χ0v) is 22.6. The van der Waals surface area contributed by atoms with Gasteiger partial charge in [0.1, 0.15) is 24.9 Å². The minimum absolute atomic E-state index is 0.0446. The Kier molecular flexibility index (Phi) is 9.24. The van der Waals surface area contributed by atoms with Crippen LogP contribution in [0.5, 0.6) is 17.2 Å². The molecule has 0 unspecified atom stereocenters. The number of rotatable bonds is 11. The lowest BCUT2D eigenvalue weighted by atomic mass is 10.1. The Labute approximate surface area is 239 Å². The predicted molar refractivity (Wildman–Crippen MR) is 149 cm³/mol. The molecule has 0 radical (unpaired) electrons. The highest BCUT2D eigenvalue weighted by Gasteiger charge is 2.29. The van der Waals surface area contributed by atoms with Gasteiger partial charge in [0.25, 0.3) is 0 Å². The van der Waals surface area contributed by atoms with Gasteiger partial charge in [-0.15, -0.1) is 5.01 Å². The highest BCUT2D eigenvalue weighted by atomic mass is 16.7. The summed E-state index contributed by atoms with van der Waals surface area (Å²) in [6.07, 6.45) is 3.04. The lowest BCUT2D eigenvalue weighted by molar-refractivity contribution is -0.710. The molecule has 15 heteroatoms. The van der Waals surface area contributed by atoms with E-state index in [4.69, 9.17) is 14.3 Å². The first-order chi connectivity index (χ1) is 20.1. The molecule has 1 fully saturated rings. The minimum atomic E-state index is -0.912. The predicted octanol–water partition coefficient (Wildman–Crippen LogP) is 4.76. The molecule has 0 aliphatic carbocycles. The molecule has 0 N–H and O–H groups in total. The van der Waals surface area contributed by atoms with Crippen LogP contribution in [0.4, 0.5) is 17.1 Å². The Morgan fingerprint density at radius 1 is 0.952 bits per heavy atom. The summed E-state index contributed by atoms with van der Waals surface area (Å²) < 4.78 is 10.8. The molecule has 0 atom stereocenters. The Morgan fingerprint density at radius 2 is 1.62 bits per heavy atom. The summed E-state index contributed by atoms with van der Waals surface area (Å²) in [6, 6.07) is 15.0. The van der Waals surface area contributed by atoms with E-state index in [1.54, 1.807) is 12.1 Å². The lowest BCUT2D eigenvalue weighted by Gasteiger charge is -2.21. The normalized spacial score (nSPS) is 13.6. The first-order valence-corrected chi connectivity index (χ1v) is 12.5. The topological polar surface area (TPSA) is 176 Å². The summed E-state index contributed by atoms with van der Waals surface area (Å²) in [7, 11) is 3.84. The number of morpholine rings is 1. The number of carbonyl (C=O) groups is 1. The van der Waals surface area contributed by atoms with E-state index in [1.807, 2.05) is 43.3 Å². The van der Waals surface area contributed by atoms with Crippen LogP contribution in [0, 0.1) is 25.4 Å². The maximum absolute atomic E-state index is 12.8. The number of nitrogens with zero attached hydrogens (tertiary/aromatic N) is 6. The zero-order chi connectivity index (χ0) is 30.2. The van der Waals surface area contributed by atoms with E-state index >= 15 is 0 Å². The number of anilines is 1. The van der Waals surface area contributed by atoms with Crippen molar-refractivity contribution in [1.29, 1.82) is 0 Å². The second kappa shape index (κ2) is 13.2. The number of ether oxygens (including phenoxy) is 2. The van der Waals surface area contributed by atoms with Gasteiger partial charge in [0.2, 0.25) is 16.8 Å². The first-order valence-electron chi connectivity index (χ1n) is 12.5. The van der Waals surface area contributed by atoms with Crippen LogP contribution in [0.3, 0.4) is 0 Å². The van der Waals surface area contributed by atoms with E-state index < -0.39 is 32.7 Å². The molecule has 0 saturated carbocycles. The van der Waals surface area contributed by atoms with Gasteiger partial charge in [0, 0.05) is 31.4 Å². The van der Waals surface area contributed by atoms with Crippen molar-refractivity contribution in [3.8, 4) is 17.2 Å². The van der Waals surface area contributed by atoms with Crippen LogP contribution in [-0.4, -0.2) is 66.0 Å². The third-order valence-electron chi connectivity index (χ3n) is 6.06. The third-order valence-corrected chi connectivity index (χ3v) is 6.06. The van der Waals surface area contributed by atoms with Crippen LogP contribution in [0.1, 0.15) is 15.9 Å². The van der Waals surface area contributed by atoms with E-state index in [2.05, 4.69) is 5.28 Å². The molecule has 0 bridgehead atoms. The van der Waals surface area contributed by atoms with Crippen molar-refractivity contribution < 1.29 is 33.9 Å². The number of carbonyl (C=O) groups excluding carboxylic acids is 1. The van der Waals surface area contributed by atoms with Gasteiger partial charge in [-0.1, -0.05) is 30.3 Å². The largest absolute Gasteiger partial charge is 0.569 e. The average molecular weight is 579 g/mol. The average Bonchev–Trinajstić information content (AvgIpc) is 2.99. The monoisotopic (exact) mass is 578 g/mol. The molecule has 1 aliphatic rings. The van der Waals surface area contributed by atoms with Gasteiger partial charge < -0.3 is 19.6 Å². The van der Waals surface area contributed by atoms with Crippen LogP contribution < -0.4 is 14.5 Å². The molecule has 218 valence electrons. The number of benzene rings is 3. The van der Waals surface area contributed by atoms with Crippen LogP contribution >= 0.6 is 0 Å². The van der Waals surface area contributed by atoms with Crippen molar-refractivity contribution in [2.75, 3.05) is 45.3 Å². The first kappa shape index (κ1) is 29.4. The number of nitro benzene ring substituents is 2. The van der Waals surface area contributed by atoms with Gasteiger partial charge in [0.05, 0.1) is 28.0 Å². The fourth-order valence-electron chi connectivity index (χ4n) is 3.83. The van der Waals surface area contributed by atoms with Crippen molar-refractivity contribution in [3.63, 3.8) is 0 Å². The Balaban J connectivity index is 1.57. The SMILES string of the molecule is CN(C)c1ccc(/C=C/C(=O)c2cccc(Oc3cc(O/N=[N+](\[O-])N4CCOCC4)c([N+](=O)[O-])cc3[N+](=O)[O-])c2)cc1. The number of hydrazine groups is 1. The molecule has 3 aromatic rings. The summed E-state index contributed by atoms with van der Waals surface area (Å²) in [6.45, 7) is 1.01. The number of hydrogen-bond acceptors (Lipinski definition) is 11. The van der Waals surface area contributed by atoms with Crippen molar-refractivity contribution in [1.82, 2.24) is 5.01 Å². The highest BCUT2D eigenvalue weighted by Crippen LogP contribution is 2.41. The standard InChI is InChI=1S/C27H26N6O9/c1-29(2)21-9-6-19(7-10-21)8-11-25(34)20-4-3-5-22(16-20)41-26-18-27(24(32(37)38)17-23(26)31(35)36)42-28-33(39)30-12-14-40-15-13-30/h3-11,16-18H,12-15H2,1-2H3/b11-8+,33-28-. The van der Waals surface area contributed by atoms with E-state index in [0.717, 1.165) is 17.3 Å². The van der Waals surface area contributed by atoms with E-state index in [1.165, 1.54) is 29.3 Å². The summed E-state index contributed by atoms with van der Waals surface area (Å²) in [5.41, 5.74) is 0.511. The minimum Gasteiger partial charge on any atom is -0.569 e. The quantitative estimate of drug-likeness (QED) is 0.0765. The smallest absolute Gasteiger partial charge is 0.321 e. The van der Waals surface area contributed by atoms with Crippen LogP contribution in [0.15, 0.2) is 72.0 Å². The third kappa shape index (κ3) is 7.33. The molecule has 15 nitrogen and oxygen atoms in total. The molecule has 1 saturated heterocycles. The molecule has 1 aliphatic heterocycles. The fourth-order valence-corrected chi connectivity index (χ4v) is 3.83. The molecular weight excluding hydrogens is 552 g/mol. The maximum Gasteiger partial charge on any atom is 0.321 e. The Hall–Kier alpha value is -5.57. The molecular formula is C27H26N6O9. The van der Waals surface area contributed by atoms with Gasteiger partial charge >= 0.3 is 11.4 Å². The van der Waals surface area contributed by atoms with E-state index in [-0.39, 0.29) is 48.4 Å². The fraction of sp³-hybridized carbons (Fsp3) is 0.222. The molecule has 0 aromatic heterocycles. The lowest BCUT2D eigenvalue weighted by Crippen LogP contribution is -2.40. The second-order valence-electron chi connectivity index (χ2n) is 9.11. The van der Waals surface area contributed by atoms with Crippen LogP contribution in [-0.2, 0) is 4.74 Å². The summed E-state index contributed by atoms with van der Waals surface area (Å²) in [5.74, 6) is -1.30. The molecule has 0 amide bonds. The van der Waals surface area contributed by atoms with Crippen molar-refractivity contribution in [3.05, 3.63) is 103 Å². The molecule has 42 heavy (non-hydrogen) atoms. The Morgan fingerprint density at radius 3 is 2.26 bits per heavy atom. The number of nitro groups is 2. The number of allylic oxidation sites excluding steroid dienone is 1. The van der Waals surface area contributed by atoms with E-state index in [0.29, 0.717) is 6.07 Å². The maximum atomic E-state index is 12.8. The van der Waals surface area contributed by atoms with Gasteiger partial charge in [-0.2, -0.15) is 0 Å². The molecule has 3 aromatic carbocycles. The molecule has 1 heterocycles. The van der Waals surface area contributed by atoms with Gasteiger partial charge in [-0.05, 0) is 35.9 Å². The number of ketones is 1.